The predicted molar refractivity (Wildman–Crippen MR) is 89.3 cm³/mol. The highest BCUT2D eigenvalue weighted by Crippen LogP contribution is 2.33. The van der Waals surface area contributed by atoms with Gasteiger partial charge in [-0.25, -0.2) is 9.97 Å². The van der Waals surface area contributed by atoms with Gasteiger partial charge in [0.1, 0.15) is 15.8 Å². The lowest BCUT2D eigenvalue weighted by Crippen LogP contribution is -2.45. The second-order valence-electron chi connectivity index (χ2n) is 5.60. The third-order valence-electron chi connectivity index (χ3n) is 4.31. The average Bonchev–Trinajstić information content (AvgIpc) is 2.75. The van der Waals surface area contributed by atoms with Crippen LogP contribution >= 0.6 is 22.9 Å². The second-order valence-corrected chi connectivity index (χ2v) is 7.17. The van der Waals surface area contributed by atoms with Gasteiger partial charge >= 0.3 is 0 Å². The molecule has 21 heavy (non-hydrogen) atoms. The topological polar surface area (TPSA) is 32.3 Å². The fraction of sp³-hybridized carbons (Fsp3) is 0.600. The maximum absolute atomic E-state index is 6.37. The van der Waals surface area contributed by atoms with Gasteiger partial charge in [-0.05, 0) is 26.0 Å². The van der Waals surface area contributed by atoms with Gasteiger partial charge in [0.15, 0.2) is 0 Å². The van der Waals surface area contributed by atoms with Crippen molar-refractivity contribution in [2.45, 2.75) is 27.3 Å². The van der Waals surface area contributed by atoms with Crippen LogP contribution in [0.5, 0.6) is 0 Å². The van der Waals surface area contributed by atoms with Gasteiger partial charge in [0.25, 0.3) is 0 Å². The van der Waals surface area contributed by atoms with Crippen LogP contribution in [-0.2, 0) is 6.54 Å². The zero-order valence-electron chi connectivity index (χ0n) is 12.8. The molecule has 1 saturated heterocycles. The average molecular weight is 325 g/mol. The minimum absolute atomic E-state index is 0.601. The molecule has 0 aromatic carbocycles. The number of hydrogen-bond acceptors (Lipinski definition) is 5. The number of likely N-dealkylation sites (N-methyl/N-ethyl adjacent to an activating group) is 1. The zero-order valence-corrected chi connectivity index (χ0v) is 14.4. The van der Waals surface area contributed by atoms with Gasteiger partial charge in [-0.2, -0.15) is 0 Å². The summed E-state index contributed by atoms with van der Waals surface area (Å²) >= 11 is 8.08. The fourth-order valence-corrected chi connectivity index (χ4v) is 4.21. The van der Waals surface area contributed by atoms with Gasteiger partial charge in [0.2, 0.25) is 0 Å². The van der Waals surface area contributed by atoms with Crippen molar-refractivity contribution in [1.29, 1.82) is 0 Å². The van der Waals surface area contributed by atoms with Gasteiger partial charge in [-0.15, -0.1) is 11.3 Å². The SMILES string of the molecule is CCN1CCN(Cc2nc(Cl)c3c(C)c(C)sc3n2)CC1. The van der Waals surface area contributed by atoms with E-state index < -0.39 is 0 Å². The van der Waals surface area contributed by atoms with Crippen molar-refractivity contribution in [3.05, 3.63) is 21.4 Å². The molecule has 0 saturated carbocycles. The van der Waals surface area contributed by atoms with Crippen LogP contribution in [-0.4, -0.2) is 52.5 Å². The van der Waals surface area contributed by atoms with E-state index in [0.29, 0.717) is 5.15 Å². The monoisotopic (exact) mass is 324 g/mol. The lowest BCUT2D eigenvalue weighted by molar-refractivity contribution is 0.129. The minimum atomic E-state index is 0.601. The van der Waals surface area contributed by atoms with Crippen molar-refractivity contribution in [1.82, 2.24) is 19.8 Å². The van der Waals surface area contributed by atoms with Crippen LogP contribution in [0.2, 0.25) is 5.15 Å². The van der Waals surface area contributed by atoms with Gasteiger partial charge in [-0.1, -0.05) is 18.5 Å². The first kappa shape index (κ1) is 15.2. The molecule has 2 aromatic rings. The zero-order chi connectivity index (χ0) is 15.0. The molecule has 0 unspecified atom stereocenters. The Balaban J connectivity index is 1.79. The summed E-state index contributed by atoms with van der Waals surface area (Å²) in [6.45, 7) is 12.8. The van der Waals surface area contributed by atoms with Crippen molar-refractivity contribution in [3.8, 4) is 0 Å². The molecule has 1 aliphatic heterocycles. The number of halogens is 1. The molecule has 1 aliphatic rings. The number of rotatable bonds is 3. The number of aromatic nitrogens is 2. The summed E-state index contributed by atoms with van der Waals surface area (Å²) in [6, 6.07) is 0. The normalized spacial score (nSPS) is 17.7. The Kier molecular flexibility index (Phi) is 4.45. The molecule has 3 heterocycles. The Bertz CT molecular complexity index is 647. The predicted octanol–water partition coefficient (Wildman–Crippen LogP) is 3.10. The molecule has 1 fully saturated rings. The Morgan fingerprint density at radius 1 is 1.10 bits per heavy atom. The highest BCUT2D eigenvalue weighted by Gasteiger charge is 2.18. The highest BCUT2D eigenvalue weighted by atomic mass is 35.5. The summed E-state index contributed by atoms with van der Waals surface area (Å²) in [5.74, 6) is 0.846. The molecular weight excluding hydrogens is 304 g/mol. The van der Waals surface area contributed by atoms with Gasteiger partial charge in [0.05, 0.1) is 11.9 Å². The third kappa shape index (κ3) is 3.06. The number of aryl methyl sites for hydroxylation is 2. The third-order valence-corrected chi connectivity index (χ3v) is 5.68. The summed E-state index contributed by atoms with van der Waals surface area (Å²) in [4.78, 5) is 16.4. The molecule has 0 spiro atoms. The maximum atomic E-state index is 6.37. The molecule has 0 radical (unpaired) electrons. The van der Waals surface area contributed by atoms with Crippen molar-refractivity contribution >= 4 is 33.2 Å². The molecule has 0 aliphatic carbocycles. The molecule has 0 amide bonds. The summed E-state index contributed by atoms with van der Waals surface area (Å²) < 4.78 is 0. The second kappa shape index (κ2) is 6.16. The molecule has 6 heteroatoms. The molecule has 2 aromatic heterocycles. The molecule has 3 rings (SSSR count). The molecule has 0 atom stereocenters. The molecular formula is C15H21ClN4S. The van der Waals surface area contributed by atoms with E-state index in [4.69, 9.17) is 16.6 Å². The van der Waals surface area contributed by atoms with E-state index in [1.807, 2.05) is 0 Å². The highest BCUT2D eigenvalue weighted by molar-refractivity contribution is 7.18. The quantitative estimate of drug-likeness (QED) is 0.812. The summed E-state index contributed by atoms with van der Waals surface area (Å²) in [5.41, 5.74) is 1.21. The molecule has 0 N–H and O–H groups in total. The van der Waals surface area contributed by atoms with Gasteiger partial charge in [0, 0.05) is 31.1 Å². The Hall–Kier alpha value is -0.750. The van der Waals surface area contributed by atoms with Crippen LogP contribution in [0.15, 0.2) is 0 Å². The first-order chi connectivity index (χ1) is 10.1. The van der Waals surface area contributed by atoms with Crippen LogP contribution in [0, 0.1) is 13.8 Å². The summed E-state index contributed by atoms with van der Waals surface area (Å²) in [5, 5.41) is 1.63. The van der Waals surface area contributed by atoms with E-state index >= 15 is 0 Å². The van der Waals surface area contributed by atoms with Crippen LogP contribution in [0.1, 0.15) is 23.2 Å². The van der Waals surface area contributed by atoms with E-state index in [-0.39, 0.29) is 0 Å². The van der Waals surface area contributed by atoms with Crippen molar-refractivity contribution in [2.24, 2.45) is 0 Å². The van der Waals surface area contributed by atoms with E-state index in [1.54, 1.807) is 11.3 Å². The van der Waals surface area contributed by atoms with E-state index in [2.05, 4.69) is 35.6 Å². The van der Waals surface area contributed by atoms with Crippen molar-refractivity contribution in [3.63, 3.8) is 0 Å². The van der Waals surface area contributed by atoms with Gasteiger partial charge in [-0.3, -0.25) is 4.90 Å². The Labute approximate surface area is 134 Å². The molecule has 114 valence electrons. The van der Waals surface area contributed by atoms with Crippen LogP contribution in [0.4, 0.5) is 0 Å². The lowest BCUT2D eigenvalue weighted by Gasteiger charge is -2.33. The first-order valence-corrected chi connectivity index (χ1v) is 8.64. The minimum Gasteiger partial charge on any atom is -0.301 e. The maximum Gasteiger partial charge on any atom is 0.145 e. The summed E-state index contributed by atoms with van der Waals surface area (Å²) in [6.07, 6.45) is 0. The number of fused-ring (bicyclic) bond motifs is 1. The number of hydrogen-bond donors (Lipinski definition) is 0. The Morgan fingerprint density at radius 3 is 2.43 bits per heavy atom. The molecule has 4 nitrogen and oxygen atoms in total. The number of nitrogens with zero attached hydrogens (tertiary/aromatic N) is 4. The van der Waals surface area contributed by atoms with Crippen molar-refractivity contribution in [2.75, 3.05) is 32.7 Å². The fourth-order valence-electron chi connectivity index (χ4n) is 2.78. The van der Waals surface area contributed by atoms with Crippen LogP contribution in [0.3, 0.4) is 0 Å². The summed E-state index contributed by atoms with van der Waals surface area (Å²) in [7, 11) is 0. The first-order valence-electron chi connectivity index (χ1n) is 7.45. The molecule has 0 bridgehead atoms. The largest absolute Gasteiger partial charge is 0.301 e. The number of thiophene rings is 1. The van der Waals surface area contributed by atoms with Crippen molar-refractivity contribution < 1.29 is 0 Å². The number of piperazine rings is 1. The van der Waals surface area contributed by atoms with E-state index in [9.17, 15) is 0 Å². The van der Waals surface area contributed by atoms with E-state index in [0.717, 1.165) is 55.3 Å². The Morgan fingerprint density at radius 2 is 1.76 bits per heavy atom. The van der Waals surface area contributed by atoms with Crippen LogP contribution < -0.4 is 0 Å². The van der Waals surface area contributed by atoms with Crippen LogP contribution in [0.25, 0.3) is 10.2 Å². The van der Waals surface area contributed by atoms with Gasteiger partial charge < -0.3 is 4.90 Å². The van der Waals surface area contributed by atoms with E-state index in [1.165, 1.54) is 10.4 Å². The lowest BCUT2D eigenvalue weighted by atomic mass is 10.2. The smallest absolute Gasteiger partial charge is 0.145 e. The standard InChI is InChI=1S/C15H21ClN4S/c1-4-19-5-7-20(8-6-19)9-12-17-14(16)13-10(2)11(3)21-15(13)18-12/h4-9H2,1-3H3.